The lowest BCUT2D eigenvalue weighted by Crippen LogP contribution is -2.28. The van der Waals surface area contributed by atoms with Crippen LogP contribution in [0.15, 0.2) is 48.5 Å². The fourth-order valence-corrected chi connectivity index (χ4v) is 2.24. The molecule has 0 fully saturated rings. The van der Waals surface area contributed by atoms with E-state index in [0.717, 1.165) is 11.1 Å². The molecule has 0 unspecified atom stereocenters. The zero-order valence-corrected chi connectivity index (χ0v) is 12.4. The Balaban J connectivity index is 1.95. The largest absolute Gasteiger partial charge is 0.349 e. The molecule has 104 valence electrons. The van der Waals surface area contributed by atoms with Gasteiger partial charge in [-0.05, 0) is 37.1 Å². The summed E-state index contributed by atoms with van der Waals surface area (Å²) in [7, 11) is 0. The highest BCUT2D eigenvalue weighted by atomic mass is 35.5. The van der Waals surface area contributed by atoms with E-state index in [2.05, 4.69) is 5.32 Å². The van der Waals surface area contributed by atoms with Crippen molar-refractivity contribution in [2.75, 3.05) is 0 Å². The van der Waals surface area contributed by atoms with Crippen molar-refractivity contribution < 1.29 is 4.79 Å². The van der Waals surface area contributed by atoms with Crippen molar-refractivity contribution in [3.05, 3.63) is 70.2 Å². The van der Waals surface area contributed by atoms with Gasteiger partial charge in [-0.25, -0.2) is 0 Å². The van der Waals surface area contributed by atoms with Crippen molar-refractivity contribution in [2.24, 2.45) is 0 Å². The van der Waals surface area contributed by atoms with E-state index in [1.807, 2.05) is 62.4 Å². The summed E-state index contributed by atoms with van der Waals surface area (Å²) in [4.78, 5) is 12.0. The van der Waals surface area contributed by atoms with Crippen LogP contribution in [0.4, 0.5) is 0 Å². The molecule has 1 atom stereocenters. The Morgan fingerprint density at radius 1 is 1.20 bits per heavy atom. The molecular weight excluding hydrogens is 270 g/mol. The molecule has 3 heteroatoms. The van der Waals surface area contributed by atoms with Crippen LogP contribution in [0, 0.1) is 6.92 Å². The Labute approximate surface area is 124 Å². The van der Waals surface area contributed by atoms with Crippen molar-refractivity contribution in [1.29, 1.82) is 0 Å². The second-order valence-corrected chi connectivity index (χ2v) is 5.44. The predicted molar refractivity (Wildman–Crippen MR) is 82.9 cm³/mol. The fourth-order valence-electron chi connectivity index (χ4n) is 2.04. The highest BCUT2D eigenvalue weighted by Gasteiger charge is 2.10. The SMILES string of the molecule is Cc1ccc(CC(=O)N[C@@H](C)c2cccc(Cl)c2)cc1. The van der Waals surface area contributed by atoms with Gasteiger partial charge in [0.05, 0.1) is 12.5 Å². The molecule has 2 nitrogen and oxygen atoms in total. The molecule has 0 aliphatic carbocycles. The first-order valence-electron chi connectivity index (χ1n) is 6.65. The van der Waals surface area contributed by atoms with E-state index in [0.29, 0.717) is 11.4 Å². The van der Waals surface area contributed by atoms with Crippen LogP contribution in [0.3, 0.4) is 0 Å². The smallest absolute Gasteiger partial charge is 0.224 e. The van der Waals surface area contributed by atoms with Crippen molar-refractivity contribution in [3.63, 3.8) is 0 Å². The first-order chi connectivity index (χ1) is 9.54. The van der Waals surface area contributed by atoms with E-state index < -0.39 is 0 Å². The summed E-state index contributed by atoms with van der Waals surface area (Å²) >= 11 is 5.96. The van der Waals surface area contributed by atoms with Gasteiger partial charge in [-0.15, -0.1) is 0 Å². The number of carbonyl (C=O) groups is 1. The van der Waals surface area contributed by atoms with E-state index in [9.17, 15) is 4.79 Å². The molecule has 2 aromatic rings. The maximum absolute atomic E-state index is 12.0. The van der Waals surface area contributed by atoms with Gasteiger partial charge < -0.3 is 5.32 Å². The highest BCUT2D eigenvalue weighted by Crippen LogP contribution is 2.17. The quantitative estimate of drug-likeness (QED) is 0.902. The topological polar surface area (TPSA) is 29.1 Å². The molecule has 1 amide bonds. The summed E-state index contributed by atoms with van der Waals surface area (Å²) in [6, 6.07) is 15.5. The summed E-state index contributed by atoms with van der Waals surface area (Å²) in [5.74, 6) is 0.0151. The number of benzene rings is 2. The summed E-state index contributed by atoms with van der Waals surface area (Å²) < 4.78 is 0. The molecule has 0 saturated carbocycles. The number of aryl methyl sites for hydroxylation is 1. The van der Waals surface area contributed by atoms with Crippen LogP contribution >= 0.6 is 11.6 Å². The van der Waals surface area contributed by atoms with Gasteiger partial charge in [-0.1, -0.05) is 53.6 Å². The molecule has 0 heterocycles. The van der Waals surface area contributed by atoms with E-state index >= 15 is 0 Å². The van der Waals surface area contributed by atoms with Crippen LogP contribution in [-0.4, -0.2) is 5.91 Å². The van der Waals surface area contributed by atoms with Crippen LogP contribution in [0.25, 0.3) is 0 Å². The van der Waals surface area contributed by atoms with Crippen LogP contribution in [0.1, 0.15) is 29.7 Å². The molecule has 2 rings (SSSR count). The first-order valence-corrected chi connectivity index (χ1v) is 7.03. The third-order valence-electron chi connectivity index (χ3n) is 3.21. The van der Waals surface area contributed by atoms with Crippen molar-refractivity contribution in [3.8, 4) is 0 Å². The van der Waals surface area contributed by atoms with Gasteiger partial charge >= 0.3 is 0 Å². The molecule has 1 N–H and O–H groups in total. The lowest BCUT2D eigenvalue weighted by Gasteiger charge is -2.14. The zero-order chi connectivity index (χ0) is 14.5. The number of hydrogen-bond acceptors (Lipinski definition) is 1. The minimum atomic E-state index is -0.0494. The zero-order valence-electron chi connectivity index (χ0n) is 11.7. The Kier molecular flexibility index (Phi) is 4.80. The van der Waals surface area contributed by atoms with Crippen LogP contribution in [0.2, 0.25) is 5.02 Å². The molecule has 0 aliphatic rings. The summed E-state index contributed by atoms with van der Waals surface area (Å²) in [5.41, 5.74) is 3.22. The number of carbonyl (C=O) groups excluding carboxylic acids is 1. The van der Waals surface area contributed by atoms with Crippen LogP contribution in [0.5, 0.6) is 0 Å². The average molecular weight is 288 g/mol. The molecular formula is C17H18ClNO. The third-order valence-corrected chi connectivity index (χ3v) is 3.45. The third kappa shape index (κ3) is 4.10. The standard InChI is InChI=1S/C17H18ClNO/c1-12-6-8-14(9-7-12)10-17(20)19-13(2)15-4-3-5-16(18)11-15/h3-9,11,13H,10H2,1-2H3,(H,19,20)/t13-/m0/s1. The summed E-state index contributed by atoms with van der Waals surface area (Å²) in [6.45, 7) is 3.99. The van der Waals surface area contributed by atoms with Gasteiger partial charge in [-0.3, -0.25) is 4.79 Å². The summed E-state index contributed by atoms with van der Waals surface area (Å²) in [6.07, 6.45) is 0.394. The maximum Gasteiger partial charge on any atom is 0.224 e. The fraction of sp³-hybridized carbons (Fsp3) is 0.235. The van der Waals surface area contributed by atoms with Crippen molar-refractivity contribution in [1.82, 2.24) is 5.32 Å². The van der Waals surface area contributed by atoms with E-state index in [1.165, 1.54) is 5.56 Å². The summed E-state index contributed by atoms with van der Waals surface area (Å²) in [5, 5.41) is 3.67. The Morgan fingerprint density at radius 2 is 1.90 bits per heavy atom. The number of amides is 1. The van der Waals surface area contributed by atoms with Gasteiger partial charge in [-0.2, -0.15) is 0 Å². The predicted octanol–water partition coefficient (Wildman–Crippen LogP) is 4.07. The lowest BCUT2D eigenvalue weighted by molar-refractivity contribution is -0.121. The van der Waals surface area contributed by atoms with E-state index in [1.54, 1.807) is 0 Å². The van der Waals surface area contributed by atoms with Crippen molar-refractivity contribution in [2.45, 2.75) is 26.3 Å². The molecule has 0 saturated heterocycles. The second-order valence-electron chi connectivity index (χ2n) is 5.01. The Bertz CT molecular complexity index is 592. The van der Waals surface area contributed by atoms with Gasteiger partial charge in [0.1, 0.15) is 0 Å². The van der Waals surface area contributed by atoms with E-state index in [4.69, 9.17) is 11.6 Å². The lowest BCUT2D eigenvalue weighted by atomic mass is 10.1. The Morgan fingerprint density at radius 3 is 2.55 bits per heavy atom. The Hall–Kier alpha value is -1.80. The monoisotopic (exact) mass is 287 g/mol. The average Bonchev–Trinajstić information content (AvgIpc) is 2.41. The molecule has 0 spiro atoms. The second kappa shape index (κ2) is 6.58. The normalized spacial score (nSPS) is 11.9. The highest BCUT2D eigenvalue weighted by molar-refractivity contribution is 6.30. The number of hydrogen-bond donors (Lipinski definition) is 1. The molecule has 0 radical (unpaired) electrons. The maximum atomic E-state index is 12.0. The number of nitrogens with one attached hydrogen (secondary N) is 1. The number of rotatable bonds is 4. The minimum Gasteiger partial charge on any atom is -0.349 e. The van der Waals surface area contributed by atoms with Crippen LogP contribution in [-0.2, 0) is 11.2 Å². The van der Waals surface area contributed by atoms with Gasteiger partial charge in [0.15, 0.2) is 0 Å². The molecule has 0 bridgehead atoms. The molecule has 20 heavy (non-hydrogen) atoms. The molecule has 0 aromatic heterocycles. The van der Waals surface area contributed by atoms with Gasteiger partial charge in [0.25, 0.3) is 0 Å². The van der Waals surface area contributed by atoms with Gasteiger partial charge in [0.2, 0.25) is 5.91 Å². The van der Waals surface area contributed by atoms with E-state index in [-0.39, 0.29) is 11.9 Å². The molecule has 0 aliphatic heterocycles. The minimum absolute atomic E-state index is 0.0151. The first kappa shape index (κ1) is 14.6. The molecule has 2 aromatic carbocycles. The van der Waals surface area contributed by atoms with Crippen LogP contribution < -0.4 is 5.32 Å². The number of halogens is 1. The van der Waals surface area contributed by atoms with Crippen molar-refractivity contribution >= 4 is 17.5 Å². The van der Waals surface area contributed by atoms with Gasteiger partial charge in [0, 0.05) is 5.02 Å².